The normalized spacial score (nSPS) is 14.0. The average molecular weight is 312 g/mol. The van der Waals surface area contributed by atoms with Gasteiger partial charge in [-0.25, -0.2) is 0 Å². The first-order chi connectivity index (χ1) is 9.88. The molecule has 1 aromatic rings. The smallest absolute Gasteiger partial charge is 0.119 e. The topological polar surface area (TPSA) is 79.0 Å². The molecule has 0 aliphatic carbocycles. The molecular formula is C15H24N2O3S. The van der Waals surface area contributed by atoms with Gasteiger partial charge in [0, 0.05) is 18.7 Å². The maximum Gasteiger partial charge on any atom is 0.119 e. The van der Waals surface area contributed by atoms with E-state index in [0.29, 0.717) is 23.7 Å². The molecule has 0 bridgehead atoms. The van der Waals surface area contributed by atoms with Crippen LogP contribution < -0.4 is 10.5 Å². The number of ether oxygens (including phenoxy) is 1. The number of hydrogen-bond acceptors (Lipinski definition) is 5. The van der Waals surface area contributed by atoms with E-state index in [1.54, 1.807) is 31.2 Å². The molecule has 0 saturated heterocycles. The third-order valence-corrected chi connectivity index (χ3v) is 3.27. The minimum atomic E-state index is -0.584. The summed E-state index contributed by atoms with van der Waals surface area (Å²) in [5.41, 5.74) is 6.31. The summed E-state index contributed by atoms with van der Waals surface area (Å²) in [6, 6.07) is 7.13. The monoisotopic (exact) mass is 312 g/mol. The van der Waals surface area contributed by atoms with Crippen molar-refractivity contribution in [3.05, 3.63) is 29.8 Å². The Morgan fingerprint density at radius 3 is 2.48 bits per heavy atom. The van der Waals surface area contributed by atoms with Gasteiger partial charge in [0.15, 0.2) is 0 Å². The van der Waals surface area contributed by atoms with Crippen molar-refractivity contribution in [2.45, 2.75) is 25.6 Å². The van der Waals surface area contributed by atoms with Crippen LogP contribution in [0.5, 0.6) is 5.75 Å². The van der Waals surface area contributed by atoms with Crippen LogP contribution in [0.3, 0.4) is 0 Å². The van der Waals surface area contributed by atoms with Crippen LogP contribution in [-0.4, -0.2) is 59.1 Å². The van der Waals surface area contributed by atoms with Crippen molar-refractivity contribution >= 4 is 17.2 Å². The Balaban J connectivity index is 2.32. The summed E-state index contributed by atoms with van der Waals surface area (Å²) < 4.78 is 5.52. The number of nitrogens with two attached hydrogens (primary N) is 1. The molecule has 0 radical (unpaired) electrons. The lowest BCUT2D eigenvalue weighted by atomic mass is 10.2. The fourth-order valence-corrected chi connectivity index (χ4v) is 1.95. The minimum Gasteiger partial charge on any atom is -0.491 e. The molecule has 1 rings (SSSR count). The number of likely N-dealkylation sites (N-methyl/N-ethyl adjacent to an activating group) is 1. The molecule has 0 aliphatic heterocycles. The van der Waals surface area contributed by atoms with Gasteiger partial charge in [-0.2, -0.15) is 0 Å². The van der Waals surface area contributed by atoms with Gasteiger partial charge >= 0.3 is 0 Å². The highest BCUT2D eigenvalue weighted by molar-refractivity contribution is 7.80. The van der Waals surface area contributed by atoms with Crippen molar-refractivity contribution in [3.8, 4) is 5.75 Å². The highest BCUT2D eigenvalue weighted by Gasteiger charge is 2.10. The second-order valence-electron chi connectivity index (χ2n) is 5.25. The van der Waals surface area contributed by atoms with Crippen LogP contribution in [0.4, 0.5) is 0 Å². The number of aliphatic hydroxyl groups excluding tert-OH is 2. The lowest BCUT2D eigenvalue weighted by Crippen LogP contribution is -2.34. The summed E-state index contributed by atoms with van der Waals surface area (Å²) in [6.45, 7) is 3.20. The molecule has 0 heterocycles. The van der Waals surface area contributed by atoms with Crippen molar-refractivity contribution in [2.24, 2.45) is 5.73 Å². The molecule has 0 amide bonds. The number of rotatable bonds is 9. The second-order valence-corrected chi connectivity index (χ2v) is 5.69. The molecule has 1 aromatic carbocycles. The van der Waals surface area contributed by atoms with Crippen molar-refractivity contribution < 1.29 is 14.9 Å². The molecule has 118 valence electrons. The standard InChI is InChI=1S/C15H24N2O3S/c1-11(18)7-8-17(2)9-13(19)10-20-14-5-3-12(4-6-14)15(16)21/h3-6,11,13,18-19H,7-10H2,1-2H3,(H2,16,21). The average Bonchev–Trinajstić information content (AvgIpc) is 2.43. The Labute approximate surface area is 131 Å². The Morgan fingerprint density at radius 2 is 1.95 bits per heavy atom. The molecule has 0 aliphatic rings. The number of nitrogens with zero attached hydrogens (tertiary/aromatic N) is 1. The van der Waals surface area contributed by atoms with Crippen molar-refractivity contribution in [1.82, 2.24) is 4.90 Å². The fourth-order valence-electron chi connectivity index (χ4n) is 1.82. The van der Waals surface area contributed by atoms with Gasteiger partial charge in [0.1, 0.15) is 23.4 Å². The first kappa shape index (κ1) is 17.8. The van der Waals surface area contributed by atoms with Gasteiger partial charge in [-0.3, -0.25) is 0 Å². The highest BCUT2D eigenvalue weighted by atomic mass is 32.1. The third kappa shape index (κ3) is 7.38. The van der Waals surface area contributed by atoms with Gasteiger partial charge in [0.2, 0.25) is 0 Å². The quantitative estimate of drug-likeness (QED) is 0.584. The molecule has 21 heavy (non-hydrogen) atoms. The molecule has 6 heteroatoms. The molecule has 0 spiro atoms. The van der Waals surface area contributed by atoms with E-state index in [1.807, 2.05) is 11.9 Å². The lowest BCUT2D eigenvalue weighted by molar-refractivity contribution is 0.0708. The van der Waals surface area contributed by atoms with Gasteiger partial charge in [-0.1, -0.05) is 12.2 Å². The number of benzene rings is 1. The summed E-state index contributed by atoms with van der Waals surface area (Å²) in [6.07, 6.45) is -0.225. The maximum atomic E-state index is 9.92. The molecule has 5 nitrogen and oxygen atoms in total. The second kappa shape index (κ2) is 8.94. The Morgan fingerprint density at radius 1 is 1.33 bits per heavy atom. The molecule has 4 N–H and O–H groups in total. The molecule has 2 unspecified atom stereocenters. The van der Waals surface area contributed by atoms with Crippen LogP contribution in [0.15, 0.2) is 24.3 Å². The summed E-state index contributed by atoms with van der Waals surface area (Å²) in [7, 11) is 1.91. The molecule has 0 fully saturated rings. The summed E-state index contributed by atoms with van der Waals surface area (Å²) in [5, 5.41) is 19.1. The van der Waals surface area contributed by atoms with Crippen LogP contribution in [0, 0.1) is 0 Å². The van der Waals surface area contributed by atoms with Gasteiger partial charge < -0.3 is 25.6 Å². The van der Waals surface area contributed by atoms with Crippen molar-refractivity contribution in [3.63, 3.8) is 0 Å². The Kier molecular flexibility index (Phi) is 7.60. The number of hydrogen-bond donors (Lipinski definition) is 3. The van der Waals surface area contributed by atoms with E-state index < -0.39 is 6.10 Å². The van der Waals surface area contributed by atoms with Crippen LogP contribution in [0.25, 0.3) is 0 Å². The number of thiocarbonyl (C=S) groups is 1. The minimum absolute atomic E-state index is 0.214. The summed E-state index contributed by atoms with van der Waals surface area (Å²) in [5.74, 6) is 0.667. The van der Waals surface area contributed by atoms with Crippen molar-refractivity contribution in [2.75, 3.05) is 26.7 Å². The largest absolute Gasteiger partial charge is 0.491 e. The van der Waals surface area contributed by atoms with Gasteiger partial charge in [-0.05, 0) is 44.7 Å². The third-order valence-electron chi connectivity index (χ3n) is 3.03. The summed E-state index contributed by atoms with van der Waals surface area (Å²) in [4.78, 5) is 2.32. The van der Waals surface area contributed by atoms with Gasteiger partial charge in [-0.15, -0.1) is 0 Å². The predicted molar refractivity (Wildman–Crippen MR) is 87.6 cm³/mol. The van der Waals surface area contributed by atoms with E-state index in [1.165, 1.54) is 0 Å². The predicted octanol–water partition coefficient (Wildman–Crippen LogP) is 0.763. The van der Waals surface area contributed by atoms with E-state index in [-0.39, 0.29) is 12.7 Å². The van der Waals surface area contributed by atoms with Crippen molar-refractivity contribution in [1.29, 1.82) is 0 Å². The first-order valence-electron chi connectivity index (χ1n) is 6.96. The van der Waals surface area contributed by atoms with E-state index in [4.69, 9.17) is 22.7 Å². The molecule has 0 aromatic heterocycles. The SMILES string of the molecule is CC(O)CCN(C)CC(O)COc1ccc(C(N)=S)cc1. The Bertz CT molecular complexity index is 437. The molecule has 0 saturated carbocycles. The molecule has 2 atom stereocenters. The lowest BCUT2D eigenvalue weighted by Gasteiger charge is -2.21. The van der Waals surface area contributed by atoms with Crippen LogP contribution in [-0.2, 0) is 0 Å². The van der Waals surface area contributed by atoms with E-state index in [9.17, 15) is 10.2 Å². The van der Waals surface area contributed by atoms with Crippen LogP contribution >= 0.6 is 12.2 Å². The fraction of sp³-hybridized carbons (Fsp3) is 0.533. The highest BCUT2D eigenvalue weighted by Crippen LogP contribution is 2.12. The van der Waals surface area contributed by atoms with Gasteiger partial charge in [0.25, 0.3) is 0 Å². The Hall–Kier alpha value is -1.21. The zero-order valence-electron chi connectivity index (χ0n) is 12.5. The van der Waals surface area contributed by atoms with Crippen LogP contribution in [0.1, 0.15) is 18.9 Å². The zero-order valence-corrected chi connectivity index (χ0v) is 13.3. The first-order valence-corrected chi connectivity index (χ1v) is 7.36. The molecular weight excluding hydrogens is 288 g/mol. The number of aliphatic hydroxyl groups is 2. The maximum absolute atomic E-state index is 9.92. The van der Waals surface area contributed by atoms with E-state index in [0.717, 1.165) is 12.1 Å². The van der Waals surface area contributed by atoms with E-state index >= 15 is 0 Å². The van der Waals surface area contributed by atoms with E-state index in [2.05, 4.69) is 0 Å². The summed E-state index contributed by atoms with van der Waals surface area (Å²) >= 11 is 4.88. The zero-order chi connectivity index (χ0) is 15.8. The van der Waals surface area contributed by atoms with Gasteiger partial charge in [0.05, 0.1) is 6.10 Å². The van der Waals surface area contributed by atoms with Crippen LogP contribution in [0.2, 0.25) is 0 Å².